The fraction of sp³-hybridized carbons (Fsp3) is 0.528. The fourth-order valence-corrected chi connectivity index (χ4v) is 8.40. The summed E-state index contributed by atoms with van der Waals surface area (Å²) in [6.07, 6.45) is -7.78. The maximum absolute atomic E-state index is 15.1. The minimum absolute atomic E-state index is 0.0145. The van der Waals surface area contributed by atoms with Gasteiger partial charge in [-0.05, 0) is 54.7 Å². The predicted molar refractivity (Wildman–Crippen MR) is 186 cm³/mol. The highest BCUT2D eigenvalue weighted by atomic mass is 35.5. The van der Waals surface area contributed by atoms with Crippen molar-refractivity contribution in [3.63, 3.8) is 0 Å². The van der Waals surface area contributed by atoms with Crippen LogP contribution in [0.2, 0.25) is 5.02 Å². The molecule has 6 rings (SSSR count). The van der Waals surface area contributed by atoms with Gasteiger partial charge in [-0.15, -0.1) is 11.3 Å². The second kappa shape index (κ2) is 16.1. The second-order valence-corrected chi connectivity index (χ2v) is 14.9. The Labute approximate surface area is 312 Å². The zero-order valence-electron chi connectivity index (χ0n) is 29.0. The van der Waals surface area contributed by atoms with Gasteiger partial charge in [-0.3, -0.25) is 19.5 Å². The number of thiophene rings is 1. The van der Waals surface area contributed by atoms with Gasteiger partial charge in [-0.2, -0.15) is 26.3 Å². The predicted octanol–water partition coefficient (Wildman–Crippen LogP) is 6.50. The number of methoxy groups -OCH3 is 1. The summed E-state index contributed by atoms with van der Waals surface area (Å²) in [4.78, 5) is 39.5. The highest BCUT2D eigenvalue weighted by Crippen LogP contribution is 2.43. The molecule has 0 N–H and O–H groups in total. The third-order valence-electron chi connectivity index (χ3n) is 10.2. The number of nitrogens with zero attached hydrogens (tertiary/aromatic N) is 5. The zero-order valence-corrected chi connectivity index (χ0v) is 30.6. The van der Waals surface area contributed by atoms with Crippen molar-refractivity contribution in [2.24, 2.45) is 0 Å². The molecule has 3 aliphatic heterocycles. The number of benzene rings is 1. The molecule has 0 aliphatic carbocycles. The van der Waals surface area contributed by atoms with Gasteiger partial charge in [-0.25, -0.2) is 0 Å². The molecular weight excluding hydrogens is 748 g/mol. The van der Waals surface area contributed by atoms with Crippen molar-refractivity contribution < 1.29 is 45.4 Å². The van der Waals surface area contributed by atoms with Gasteiger partial charge in [0.25, 0.3) is 11.8 Å². The Bertz CT molecular complexity index is 1770. The Morgan fingerprint density at radius 2 is 1.70 bits per heavy atom. The molecule has 2 aromatic heterocycles. The Morgan fingerprint density at radius 3 is 2.38 bits per heavy atom. The van der Waals surface area contributed by atoms with Crippen LogP contribution in [-0.2, 0) is 34.8 Å². The van der Waals surface area contributed by atoms with Crippen LogP contribution in [-0.4, -0.2) is 114 Å². The summed E-state index contributed by atoms with van der Waals surface area (Å²) < 4.78 is 95.7. The van der Waals surface area contributed by atoms with Crippen molar-refractivity contribution in [3.05, 3.63) is 80.3 Å². The first-order valence-electron chi connectivity index (χ1n) is 17.4. The number of rotatable bonds is 10. The molecule has 17 heteroatoms. The number of aromatic nitrogens is 1. The molecule has 1 aromatic carbocycles. The van der Waals surface area contributed by atoms with Gasteiger partial charge in [0.05, 0.1) is 18.2 Å². The van der Waals surface area contributed by atoms with Crippen LogP contribution in [0, 0.1) is 0 Å². The van der Waals surface area contributed by atoms with Crippen molar-refractivity contribution in [1.29, 1.82) is 0 Å². The third kappa shape index (κ3) is 8.77. The van der Waals surface area contributed by atoms with E-state index in [1.54, 1.807) is 24.1 Å². The zero-order chi connectivity index (χ0) is 38.0. The van der Waals surface area contributed by atoms with Crippen LogP contribution in [0.3, 0.4) is 0 Å². The first-order valence-corrected chi connectivity index (χ1v) is 18.6. The maximum Gasteiger partial charge on any atom is 0.425 e. The number of carbonyl (C=O) groups excluding carboxylic acids is 2. The molecule has 0 spiro atoms. The Morgan fingerprint density at radius 1 is 0.962 bits per heavy atom. The van der Waals surface area contributed by atoms with Crippen LogP contribution in [0.15, 0.2) is 48.0 Å². The van der Waals surface area contributed by atoms with Crippen molar-refractivity contribution in [2.45, 2.75) is 56.2 Å². The van der Waals surface area contributed by atoms with Gasteiger partial charge in [0.1, 0.15) is 16.3 Å². The molecule has 5 heterocycles. The average Bonchev–Trinajstić information content (AvgIpc) is 3.62. The summed E-state index contributed by atoms with van der Waals surface area (Å²) in [6.45, 7) is 4.79. The lowest BCUT2D eigenvalue weighted by molar-refractivity contribution is -0.160. The first kappa shape index (κ1) is 39.3. The Hall–Kier alpha value is -3.44. The minimum atomic E-state index is -4.90. The largest absolute Gasteiger partial charge is 0.474 e. The van der Waals surface area contributed by atoms with E-state index in [2.05, 4.69) is 14.8 Å². The van der Waals surface area contributed by atoms with Gasteiger partial charge in [0.2, 0.25) is 5.60 Å². The summed E-state index contributed by atoms with van der Waals surface area (Å²) in [5, 5.41) is 1.71. The highest BCUT2D eigenvalue weighted by Gasteiger charge is 2.56. The number of ether oxygens (including phenoxy) is 2. The number of halogens is 7. The van der Waals surface area contributed by atoms with Gasteiger partial charge in [-0.1, -0.05) is 17.7 Å². The monoisotopic (exact) mass is 787 g/mol. The van der Waals surface area contributed by atoms with Crippen molar-refractivity contribution >= 4 is 34.8 Å². The molecule has 3 aromatic rings. The summed E-state index contributed by atoms with van der Waals surface area (Å²) >= 11 is 6.63. The van der Waals surface area contributed by atoms with E-state index in [1.165, 1.54) is 10.3 Å². The number of hydrogen-bond acceptors (Lipinski definition) is 8. The van der Waals surface area contributed by atoms with E-state index < -0.39 is 51.9 Å². The van der Waals surface area contributed by atoms with E-state index >= 15 is 4.79 Å². The topological polar surface area (TPSA) is 78.5 Å². The van der Waals surface area contributed by atoms with Crippen molar-refractivity contribution in [1.82, 2.24) is 24.6 Å². The summed E-state index contributed by atoms with van der Waals surface area (Å²) in [5.74, 6) is -1.80. The minimum Gasteiger partial charge on any atom is -0.474 e. The molecule has 2 amide bonds. The number of carbonyl (C=O) groups is 2. The molecule has 0 unspecified atom stereocenters. The van der Waals surface area contributed by atoms with E-state index in [1.807, 2.05) is 6.07 Å². The molecule has 9 nitrogen and oxygen atoms in total. The van der Waals surface area contributed by atoms with E-state index in [0.717, 1.165) is 55.2 Å². The van der Waals surface area contributed by atoms with Gasteiger partial charge in [0.15, 0.2) is 0 Å². The van der Waals surface area contributed by atoms with Crippen LogP contribution in [0.5, 0.6) is 5.75 Å². The lowest BCUT2D eigenvalue weighted by Gasteiger charge is -2.50. The van der Waals surface area contributed by atoms with Crippen LogP contribution in [0.1, 0.15) is 51.3 Å². The van der Waals surface area contributed by atoms with E-state index in [4.69, 9.17) is 21.1 Å². The molecule has 2 saturated heterocycles. The molecular formula is C36H40ClF6N5O4S. The quantitative estimate of drug-likeness (QED) is 0.218. The molecule has 2 fully saturated rings. The smallest absolute Gasteiger partial charge is 0.425 e. The van der Waals surface area contributed by atoms with Crippen LogP contribution in [0.4, 0.5) is 26.3 Å². The van der Waals surface area contributed by atoms with E-state index in [0.29, 0.717) is 49.0 Å². The molecule has 3 aliphatic rings. The normalized spacial score (nSPS) is 21.8. The van der Waals surface area contributed by atoms with Gasteiger partial charge in [0, 0.05) is 95.1 Å². The molecule has 288 valence electrons. The number of hydrogen-bond donors (Lipinski definition) is 0. The van der Waals surface area contributed by atoms with E-state index in [-0.39, 0.29) is 44.6 Å². The Kier molecular flexibility index (Phi) is 11.9. The number of pyridine rings is 1. The molecule has 53 heavy (non-hydrogen) atoms. The average molecular weight is 788 g/mol. The van der Waals surface area contributed by atoms with Crippen LogP contribution >= 0.6 is 22.9 Å². The molecule has 0 radical (unpaired) electrons. The third-order valence-corrected chi connectivity index (χ3v) is 11.4. The first-order chi connectivity index (χ1) is 25.2. The van der Waals surface area contributed by atoms with Gasteiger partial charge < -0.3 is 24.2 Å². The van der Waals surface area contributed by atoms with Crippen molar-refractivity contribution in [2.75, 3.05) is 66.1 Å². The van der Waals surface area contributed by atoms with Crippen LogP contribution in [0.25, 0.3) is 0 Å². The summed E-state index contributed by atoms with van der Waals surface area (Å²) in [5.41, 5.74) is -2.21. The lowest BCUT2D eigenvalue weighted by Crippen LogP contribution is -2.68. The summed E-state index contributed by atoms with van der Waals surface area (Å²) in [7, 11) is 1.63. The summed E-state index contributed by atoms with van der Waals surface area (Å²) in [6, 6.07) is 6.86. The number of piperidine rings is 1. The second-order valence-electron chi connectivity index (χ2n) is 13.5. The number of fused-ring (bicyclic) bond motifs is 1. The van der Waals surface area contributed by atoms with Gasteiger partial charge >= 0.3 is 12.4 Å². The molecule has 0 bridgehead atoms. The number of amides is 2. The SMILES string of the molecule is COCCN1CCN(CC[C@H]2N(C(=O)c3ncccc3C(F)(F)F)CCC[C@]2(Oc2csc(C(F)(F)F)c2)C(=O)N2CCc3cc(Cl)ccc3C2)CC1. The van der Waals surface area contributed by atoms with E-state index in [9.17, 15) is 31.1 Å². The van der Waals surface area contributed by atoms with Crippen molar-refractivity contribution in [3.8, 4) is 5.75 Å². The number of alkyl halides is 6. The van der Waals surface area contributed by atoms with Crippen LogP contribution < -0.4 is 4.74 Å². The number of likely N-dealkylation sites (tertiary alicyclic amines) is 1. The standard InChI is InChI=1S/C36H40ClF6N5O4S/c1-51-19-18-46-16-14-45(15-17-46)12-8-29-34(52-27-21-30(53-23-27)36(41,42)43,33(50)47-13-7-24-20-26(37)6-5-25(24)22-47)9-3-11-48(29)32(49)31-28(35(38,39)40)4-2-10-44-31/h2,4-6,10,20-21,23,29H,3,7-9,11-19,22H2,1H3/t29-,34-/m1/s1. The maximum atomic E-state index is 15.1. The fourth-order valence-electron chi connectivity index (χ4n) is 7.53. The number of piperazine rings is 1. The molecule has 2 atom stereocenters. The highest BCUT2D eigenvalue weighted by molar-refractivity contribution is 7.10. The lowest BCUT2D eigenvalue weighted by atomic mass is 9.79. The Balaban J connectivity index is 1.40. The molecule has 0 saturated carbocycles.